The number of aliphatic hydroxyl groups excluding tert-OH is 2. The van der Waals surface area contributed by atoms with E-state index in [2.05, 4.69) is 37.7 Å². The first-order valence-corrected chi connectivity index (χ1v) is 15.9. The molecule has 0 fully saturated rings. The Labute approximate surface area is 321 Å². The topological polar surface area (TPSA) is 167 Å². The van der Waals surface area contributed by atoms with Crippen LogP contribution in [-0.2, 0) is 73.4 Å². The second-order valence-electron chi connectivity index (χ2n) is 11.6. The fourth-order valence-corrected chi connectivity index (χ4v) is 5.04. The number of para-hydroxylation sites is 1. The summed E-state index contributed by atoms with van der Waals surface area (Å²) in [5.74, 6) is 0.540. The quantitative estimate of drug-likeness (QED) is 0.0773. The van der Waals surface area contributed by atoms with E-state index in [4.69, 9.17) is 20.4 Å². The first-order valence-electron chi connectivity index (χ1n) is 15.9. The van der Waals surface area contributed by atoms with Crippen LogP contribution in [0, 0.1) is 6.92 Å². The molecule has 51 heavy (non-hydrogen) atoms. The second kappa shape index (κ2) is 24.5. The molecule has 0 saturated carbocycles. The van der Waals surface area contributed by atoms with E-state index in [1.165, 1.54) is 13.8 Å². The molecule has 6 N–H and O–H groups in total. The molecule has 0 bridgehead atoms. The summed E-state index contributed by atoms with van der Waals surface area (Å²) in [6, 6.07) is 29.2. The van der Waals surface area contributed by atoms with Gasteiger partial charge >= 0.3 is 0 Å². The van der Waals surface area contributed by atoms with Crippen LogP contribution in [0.2, 0.25) is 0 Å². The second-order valence-corrected chi connectivity index (χ2v) is 11.6. The summed E-state index contributed by atoms with van der Waals surface area (Å²) < 4.78 is 0. The summed E-state index contributed by atoms with van der Waals surface area (Å²) in [5.41, 5.74) is 6.43. The van der Waals surface area contributed by atoms with E-state index >= 15 is 0 Å². The monoisotopic (exact) mass is 779 g/mol. The average molecular weight is 780 g/mol. The third-order valence-electron chi connectivity index (χ3n) is 6.92. The fourth-order valence-electron chi connectivity index (χ4n) is 5.04. The van der Waals surface area contributed by atoms with E-state index in [1.54, 1.807) is 24.7 Å². The van der Waals surface area contributed by atoms with E-state index in [0.29, 0.717) is 39.3 Å². The third kappa shape index (κ3) is 17.9. The van der Waals surface area contributed by atoms with Crippen molar-refractivity contribution in [1.29, 1.82) is 0 Å². The van der Waals surface area contributed by atoms with Gasteiger partial charge in [-0.1, -0.05) is 54.1 Å². The SMILES string of the molecule is CC(O)O.CC(O)O.Cc1cc(CN(Cc2ccccn2)Cc2ccccn2)c(O)c(CN(Cc2ccccn2)Cc2ccccc2O)c1.[Mn].[Mn]. The normalized spacial score (nSPS) is 10.5. The minimum Gasteiger partial charge on any atom is -0.508 e. The molecule has 2 radical (unpaired) electrons. The summed E-state index contributed by atoms with van der Waals surface area (Å²) >= 11 is 0. The third-order valence-corrected chi connectivity index (χ3v) is 6.92. The summed E-state index contributed by atoms with van der Waals surface area (Å²) in [7, 11) is 0. The van der Waals surface area contributed by atoms with Gasteiger partial charge in [-0.2, -0.15) is 0 Å². The van der Waals surface area contributed by atoms with Crippen molar-refractivity contribution in [3.63, 3.8) is 0 Å². The van der Waals surface area contributed by atoms with E-state index in [9.17, 15) is 10.2 Å². The van der Waals surface area contributed by atoms with Gasteiger partial charge in [-0.3, -0.25) is 24.8 Å². The van der Waals surface area contributed by atoms with E-state index in [-0.39, 0.29) is 45.6 Å². The Morgan fingerprint density at radius 3 is 1.20 bits per heavy atom. The predicted molar refractivity (Wildman–Crippen MR) is 187 cm³/mol. The van der Waals surface area contributed by atoms with Crippen LogP contribution in [0.1, 0.15) is 53.2 Å². The number of rotatable bonds is 12. The van der Waals surface area contributed by atoms with Gasteiger partial charge in [0, 0.05) is 109 Å². The van der Waals surface area contributed by atoms with Crippen molar-refractivity contribution in [1.82, 2.24) is 24.8 Å². The number of aromatic hydroxyl groups is 2. The number of aliphatic hydroxyl groups is 4. The molecule has 0 unspecified atom stereocenters. The minimum atomic E-state index is -1.17. The number of nitrogens with zero attached hydrogens (tertiary/aromatic N) is 5. The number of benzene rings is 2. The zero-order valence-corrected chi connectivity index (χ0v) is 31.3. The first-order chi connectivity index (χ1) is 23.5. The Balaban J connectivity index is 0.00000118. The predicted octanol–water partition coefficient (Wildman–Crippen LogP) is 4.63. The Hall–Kier alpha value is -3.71. The maximum Gasteiger partial charge on any atom is 0.148 e. The molecule has 3 heterocycles. The molecule has 11 nitrogen and oxygen atoms in total. The van der Waals surface area contributed by atoms with E-state index in [0.717, 1.165) is 39.3 Å². The van der Waals surface area contributed by atoms with Gasteiger partial charge in [-0.05, 0) is 63.2 Å². The number of aryl methyl sites for hydroxylation is 1. The van der Waals surface area contributed by atoms with Crippen molar-refractivity contribution < 1.29 is 64.8 Å². The van der Waals surface area contributed by atoms with Crippen molar-refractivity contribution >= 4 is 0 Å². The van der Waals surface area contributed by atoms with Crippen LogP contribution in [0.5, 0.6) is 11.5 Å². The van der Waals surface area contributed by atoms with Gasteiger partial charge < -0.3 is 30.6 Å². The summed E-state index contributed by atoms with van der Waals surface area (Å²) in [5, 5.41) is 52.5. The molecule has 5 aromatic rings. The number of aromatic nitrogens is 3. The molecule has 0 aliphatic rings. The molecular weight excluding hydrogens is 732 g/mol. The van der Waals surface area contributed by atoms with Gasteiger partial charge in [0.15, 0.2) is 0 Å². The summed E-state index contributed by atoms with van der Waals surface area (Å²) in [4.78, 5) is 18.0. The van der Waals surface area contributed by atoms with Crippen molar-refractivity contribution in [3.05, 3.63) is 149 Å². The largest absolute Gasteiger partial charge is 0.508 e. The molecular formula is C38H47Mn2N5O6. The Kier molecular flexibility index (Phi) is 21.7. The Morgan fingerprint density at radius 2 is 0.843 bits per heavy atom. The van der Waals surface area contributed by atoms with Gasteiger partial charge in [-0.25, -0.2) is 0 Å². The van der Waals surface area contributed by atoms with Gasteiger partial charge in [0.05, 0.1) is 17.1 Å². The molecule has 0 spiro atoms. The van der Waals surface area contributed by atoms with Crippen LogP contribution in [0.4, 0.5) is 0 Å². The number of phenolic OH excluding ortho intramolecular Hbond substituents is 2. The standard InChI is InChI=1S/C34H35N5O2.2C2H6O2.2Mn/c1-26-18-28(21-38(23-30-11-4-7-15-35-30)20-27-10-2-3-14-33(27)40)34(41)29(19-26)22-39(24-31-12-5-8-16-36-31)25-32-13-6-9-17-37-32;2*1-2(3)4;;/h2-19,40-41H,20-25H2,1H3;2*2-4H,1H3;;. The van der Waals surface area contributed by atoms with Crippen molar-refractivity contribution in [2.75, 3.05) is 0 Å². The molecule has 3 aromatic heterocycles. The molecule has 0 aliphatic carbocycles. The fraction of sp³-hybridized carbons (Fsp3) is 0.289. The van der Waals surface area contributed by atoms with Crippen LogP contribution >= 0.6 is 0 Å². The van der Waals surface area contributed by atoms with Crippen molar-refractivity contribution in [3.8, 4) is 11.5 Å². The zero-order chi connectivity index (χ0) is 35.6. The van der Waals surface area contributed by atoms with E-state index < -0.39 is 12.6 Å². The number of hydrogen-bond donors (Lipinski definition) is 6. The molecule has 0 atom stereocenters. The molecule has 274 valence electrons. The van der Waals surface area contributed by atoms with Crippen LogP contribution in [0.3, 0.4) is 0 Å². The van der Waals surface area contributed by atoms with Crippen molar-refractivity contribution in [2.45, 2.75) is 72.6 Å². The molecule has 2 aromatic carbocycles. The number of phenols is 2. The van der Waals surface area contributed by atoms with Gasteiger partial charge in [0.2, 0.25) is 0 Å². The van der Waals surface area contributed by atoms with Crippen LogP contribution in [0.15, 0.2) is 110 Å². The minimum absolute atomic E-state index is 0. The van der Waals surface area contributed by atoms with E-state index in [1.807, 2.05) is 78.9 Å². The summed E-state index contributed by atoms with van der Waals surface area (Å²) in [6.45, 7) is 7.97. The maximum atomic E-state index is 11.6. The van der Waals surface area contributed by atoms with Gasteiger partial charge in [0.1, 0.15) is 24.1 Å². The molecule has 0 amide bonds. The Bertz CT molecular complexity index is 1600. The number of pyridine rings is 3. The first kappa shape index (κ1) is 45.3. The molecule has 0 saturated heterocycles. The van der Waals surface area contributed by atoms with Gasteiger partial charge in [0.25, 0.3) is 0 Å². The molecule has 5 rings (SSSR count). The molecule has 13 heteroatoms. The average Bonchev–Trinajstić information content (AvgIpc) is 3.05. The van der Waals surface area contributed by atoms with Crippen molar-refractivity contribution in [2.24, 2.45) is 0 Å². The van der Waals surface area contributed by atoms with Crippen LogP contribution in [0.25, 0.3) is 0 Å². The number of hydrogen-bond acceptors (Lipinski definition) is 11. The van der Waals surface area contributed by atoms with Gasteiger partial charge in [-0.15, -0.1) is 0 Å². The Morgan fingerprint density at radius 1 is 0.510 bits per heavy atom. The van der Waals surface area contributed by atoms with Crippen LogP contribution < -0.4 is 0 Å². The molecule has 0 aliphatic heterocycles. The van der Waals surface area contributed by atoms with Crippen LogP contribution in [-0.4, -0.2) is 68.0 Å². The smallest absolute Gasteiger partial charge is 0.148 e. The summed E-state index contributed by atoms with van der Waals surface area (Å²) in [6.07, 6.45) is 3.06. The zero-order valence-electron chi connectivity index (χ0n) is 29.0. The maximum absolute atomic E-state index is 11.6.